The second kappa shape index (κ2) is 8.05. The molecule has 0 saturated carbocycles. The number of hydrogen-bond acceptors (Lipinski definition) is 3. The van der Waals surface area contributed by atoms with Crippen molar-refractivity contribution in [2.45, 2.75) is 39.8 Å². The number of benzene rings is 1. The number of nitrogens with zero attached hydrogens (tertiary/aromatic N) is 2. The van der Waals surface area contributed by atoms with Crippen molar-refractivity contribution in [2.75, 3.05) is 6.54 Å². The van der Waals surface area contributed by atoms with Gasteiger partial charge in [-0.25, -0.2) is 0 Å². The highest BCUT2D eigenvalue weighted by atomic mass is 35.5. The third-order valence-corrected chi connectivity index (χ3v) is 3.37. The molecule has 1 aromatic heterocycles. The van der Waals surface area contributed by atoms with Crippen molar-refractivity contribution in [3.8, 4) is 11.5 Å². The van der Waals surface area contributed by atoms with Crippen LogP contribution in [-0.4, -0.2) is 16.3 Å². The lowest BCUT2D eigenvalue weighted by molar-refractivity contribution is 0.471. The van der Waals surface area contributed by atoms with E-state index in [-0.39, 0.29) is 0 Å². The average Bonchev–Trinajstić information content (AvgIpc) is 2.90. The summed E-state index contributed by atoms with van der Waals surface area (Å²) in [6.07, 6.45) is 5.76. The highest BCUT2D eigenvalue weighted by Crippen LogP contribution is 2.32. The van der Waals surface area contributed by atoms with E-state index < -0.39 is 0 Å². The van der Waals surface area contributed by atoms with E-state index in [0.29, 0.717) is 16.5 Å². The first-order valence-corrected chi connectivity index (χ1v) is 7.80. The fourth-order valence-electron chi connectivity index (χ4n) is 2.07. The molecule has 0 aliphatic carbocycles. The van der Waals surface area contributed by atoms with Crippen molar-refractivity contribution in [3.05, 3.63) is 41.2 Å². The molecular formula is C16H22ClN3O. The largest absolute Gasteiger partial charge is 0.452 e. The first-order chi connectivity index (χ1) is 10.2. The van der Waals surface area contributed by atoms with E-state index in [9.17, 15) is 0 Å². The van der Waals surface area contributed by atoms with E-state index in [0.717, 1.165) is 38.0 Å². The molecule has 0 saturated heterocycles. The lowest BCUT2D eigenvalue weighted by atomic mass is 10.2. The molecule has 0 atom stereocenters. The summed E-state index contributed by atoms with van der Waals surface area (Å²) in [4.78, 5) is 0. The molecule has 4 nitrogen and oxygen atoms in total. The lowest BCUT2D eigenvalue weighted by Crippen LogP contribution is -2.14. The van der Waals surface area contributed by atoms with Crippen LogP contribution in [0.5, 0.6) is 11.5 Å². The Balaban J connectivity index is 2.13. The third kappa shape index (κ3) is 4.48. The molecule has 2 aromatic rings. The molecule has 5 heteroatoms. The fourth-order valence-corrected chi connectivity index (χ4v) is 2.31. The van der Waals surface area contributed by atoms with Crippen LogP contribution >= 0.6 is 11.6 Å². The predicted octanol–water partition coefficient (Wildman–Crippen LogP) is 4.24. The van der Waals surface area contributed by atoms with Gasteiger partial charge >= 0.3 is 0 Å². The number of nitrogens with one attached hydrogen (secondary N) is 1. The van der Waals surface area contributed by atoms with Crippen LogP contribution in [0.15, 0.2) is 30.6 Å². The van der Waals surface area contributed by atoms with Gasteiger partial charge in [-0.3, -0.25) is 4.68 Å². The summed E-state index contributed by atoms with van der Waals surface area (Å²) in [5, 5.41) is 8.26. The standard InChI is InChI=1S/C16H22ClN3O/c1-3-8-18-10-13-6-5-7-15(17)16(13)21-14-11-19-20(12-14)9-4-2/h5-7,11-12,18H,3-4,8-10H2,1-2H3. The molecule has 2 rings (SSSR count). The SMILES string of the molecule is CCCNCc1cccc(Cl)c1Oc1cnn(CCC)c1. The van der Waals surface area contributed by atoms with Gasteiger partial charge in [0.05, 0.1) is 17.4 Å². The number of rotatable bonds is 8. The minimum Gasteiger partial charge on any atom is -0.452 e. The third-order valence-electron chi connectivity index (χ3n) is 3.07. The van der Waals surface area contributed by atoms with Gasteiger partial charge in [0.15, 0.2) is 11.5 Å². The van der Waals surface area contributed by atoms with E-state index >= 15 is 0 Å². The van der Waals surface area contributed by atoms with Crippen molar-refractivity contribution in [1.29, 1.82) is 0 Å². The van der Waals surface area contributed by atoms with Crippen molar-refractivity contribution >= 4 is 11.6 Å². The molecule has 0 fully saturated rings. The van der Waals surface area contributed by atoms with Crippen LogP contribution in [-0.2, 0) is 13.1 Å². The average molecular weight is 308 g/mol. The first kappa shape index (κ1) is 15.9. The zero-order chi connectivity index (χ0) is 15.1. The van der Waals surface area contributed by atoms with Crippen LogP contribution in [0, 0.1) is 0 Å². The normalized spacial score (nSPS) is 10.8. The number of aryl methyl sites for hydroxylation is 1. The molecule has 1 N–H and O–H groups in total. The smallest absolute Gasteiger partial charge is 0.165 e. The zero-order valence-corrected chi connectivity index (χ0v) is 13.4. The molecule has 0 bridgehead atoms. The van der Waals surface area contributed by atoms with Crippen LogP contribution < -0.4 is 10.1 Å². The van der Waals surface area contributed by atoms with Gasteiger partial charge in [0.1, 0.15) is 0 Å². The van der Waals surface area contributed by atoms with Crippen LogP contribution in [0.3, 0.4) is 0 Å². The Hall–Kier alpha value is -1.52. The van der Waals surface area contributed by atoms with Crippen molar-refractivity contribution < 1.29 is 4.74 Å². The van der Waals surface area contributed by atoms with E-state index in [1.54, 1.807) is 6.20 Å². The number of halogens is 1. The Morgan fingerprint density at radius 2 is 2.14 bits per heavy atom. The van der Waals surface area contributed by atoms with Gasteiger partial charge in [0.2, 0.25) is 0 Å². The number of ether oxygens (including phenoxy) is 1. The second-order valence-corrected chi connectivity index (χ2v) is 5.35. The number of hydrogen-bond donors (Lipinski definition) is 1. The molecule has 0 radical (unpaired) electrons. The first-order valence-electron chi connectivity index (χ1n) is 7.43. The van der Waals surface area contributed by atoms with Crippen molar-refractivity contribution in [2.24, 2.45) is 0 Å². The quantitative estimate of drug-likeness (QED) is 0.741. The molecule has 1 aromatic carbocycles. The second-order valence-electron chi connectivity index (χ2n) is 4.95. The molecular weight excluding hydrogens is 286 g/mol. The van der Waals surface area contributed by atoms with Crippen LogP contribution in [0.1, 0.15) is 32.3 Å². The Kier molecular flexibility index (Phi) is 6.08. The predicted molar refractivity (Wildman–Crippen MR) is 86.0 cm³/mol. The highest BCUT2D eigenvalue weighted by molar-refractivity contribution is 6.32. The van der Waals surface area contributed by atoms with Crippen molar-refractivity contribution in [3.63, 3.8) is 0 Å². The zero-order valence-electron chi connectivity index (χ0n) is 12.6. The summed E-state index contributed by atoms with van der Waals surface area (Å²) in [5.74, 6) is 1.42. The highest BCUT2D eigenvalue weighted by Gasteiger charge is 2.10. The summed E-state index contributed by atoms with van der Waals surface area (Å²) in [6.45, 7) is 6.86. The van der Waals surface area contributed by atoms with Gasteiger partial charge in [-0.15, -0.1) is 0 Å². The van der Waals surface area contributed by atoms with E-state index in [1.807, 2.05) is 29.1 Å². The molecule has 0 aliphatic heterocycles. The van der Waals surface area contributed by atoms with Crippen LogP contribution in [0.25, 0.3) is 0 Å². The molecule has 0 spiro atoms. The Morgan fingerprint density at radius 3 is 2.90 bits per heavy atom. The van der Waals surface area contributed by atoms with Crippen LogP contribution in [0.4, 0.5) is 0 Å². The van der Waals surface area contributed by atoms with E-state index in [1.165, 1.54) is 0 Å². The summed E-state index contributed by atoms with van der Waals surface area (Å²) in [7, 11) is 0. The Labute approximate surface area is 131 Å². The van der Waals surface area contributed by atoms with E-state index in [2.05, 4.69) is 24.3 Å². The summed E-state index contributed by atoms with van der Waals surface area (Å²) < 4.78 is 7.82. The Bertz CT molecular complexity index is 568. The van der Waals surface area contributed by atoms with Gasteiger partial charge in [0.25, 0.3) is 0 Å². The van der Waals surface area contributed by atoms with E-state index in [4.69, 9.17) is 16.3 Å². The van der Waals surface area contributed by atoms with Gasteiger partial charge in [0, 0.05) is 18.7 Å². The molecule has 0 unspecified atom stereocenters. The minimum absolute atomic E-state index is 0.619. The number of aromatic nitrogens is 2. The molecule has 0 amide bonds. The Morgan fingerprint density at radius 1 is 1.29 bits per heavy atom. The van der Waals surface area contributed by atoms with Crippen LogP contribution in [0.2, 0.25) is 5.02 Å². The maximum absolute atomic E-state index is 6.28. The molecule has 0 aliphatic rings. The summed E-state index contributed by atoms with van der Waals surface area (Å²) in [5.41, 5.74) is 1.05. The van der Waals surface area contributed by atoms with Gasteiger partial charge < -0.3 is 10.1 Å². The number of para-hydroxylation sites is 1. The molecule has 114 valence electrons. The molecule has 1 heterocycles. The monoisotopic (exact) mass is 307 g/mol. The summed E-state index contributed by atoms with van der Waals surface area (Å²) >= 11 is 6.28. The molecule has 21 heavy (non-hydrogen) atoms. The topological polar surface area (TPSA) is 39.1 Å². The minimum atomic E-state index is 0.619. The fraction of sp³-hybridized carbons (Fsp3) is 0.438. The van der Waals surface area contributed by atoms with Gasteiger partial charge in [-0.05, 0) is 25.5 Å². The lowest BCUT2D eigenvalue weighted by Gasteiger charge is -2.12. The van der Waals surface area contributed by atoms with Gasteiger partial charge in [-0.2, -0.15) is 5.10 Å². The van der Waals surface area contributed by atoms with Gasteiger partial charge in [-0.1, -0.05) is 37.6 Å². The van der Waals surface area contributed by atoms with Crippen molar-refractivity contribution in [1.82, 2.24) is 15.1 Å². The summed E-state index contributed by atoms with van der Waals surface area (Å²) in [6, 6.07) is 5.82. The maximum Gasteiger partial charge on any atom is 0.165 e. The maximum atomic E-state index is 6.28.